The van der Waals surface area contributed by atoms with E-state index in [0.717, 1.165) is 31.4 Å². The second-order valence-electron chi connectivity index (χ2n) is 13.9. The Kier molecular flexibility index (Phi) is 14.5. The molecule has 6 atom stereocenters. The summed E-state index contributed by atoms with van der Waals surface area (Å²) in [5.41, 5.74) is -1.47. The van der Waals surface area contributed by atoms with Crippen molar-refractivity contribution in [3.05, 3.63) is 35.9 Å². The van der Waals surface area contributed by atoms with E-state index < -0.39 is 22.6 Å². The molecule has 0 radical (unpaired) electrons. The molecule has 0 bridgehead atoms. The maximum Gasteiger partial charge on any atom is 0.309 e. The normalized spacial score (nSPS) is 25.3. The third-order valence-corrected chi connectivity index (χ3v) is 9.96. The Hall–Kier alpha value is -2.29. The van der Waals surface area contributed by atoms with Crippen LogP contribution in [0.2, 0.25) is 0 Å². The number of nitrogens with one attached hydrogen (secondary N) is 1. The van der Waals surface area contributed by atoms with Gasteiger partial charge in [-0.05, 0) is 85.0 Å². The number of esters is 1. The van der Waals surface area contributed by atoms with Crippen LogP contribution in [-0.2, 0) is 24.0 Å². The number of hydroxylamine groups is 2. The molecule has 8 heteroatoms. The molecule has 0 aliphatic carbocycles. The van der Waals surface area contributed by atoms with Gasteiger partial charge in [0.25, 0.3) is 5.91 Å². The van der Waals surface area contributed by atoms with Crippen LogP contribution in [0.5, 0.6) is 0 Å². The monoisotopic (exact) mass is 615 g/mol. The van der Waals surface area contributed by atoms with E-state index >= 15 is 0 Å². The van der Waals surface area contributed by atoms with Crippen LogP contribution in [-0.4, -0.2) is 78.1 Å². The quantitative estimate of drug-likeness (QED) is 0.148. The Morgan fingerprint density at radius 2 is 1.77 bits per heavy atom. The fraction of sp³-hybridized carbons (Fsp3) is 0.750. The third-order valence-electron chi connectivity index (χ3n) is 9.96. The van der Waals surface area contributed by atoms with Gasteiger partial charge in [-0.2, -0.15) is 5.06 Å². The summed E-state index contributed by atoms with van der Waals surface area (Å²) in [5.74, 6) is -1.10. The molecule has 1 aromatic carbocycles. The molecule has 8 nitrogen and oxygen atoms in total. The Morgan fingerprint density at radius 1 is 1.11 bits per heavy atom. The Balaban J connectivity index is 2.54. The number of ether oxygens (including phenoxy) is 1. The number of carbonyl (C=O) groups is 3. The molecule has 1 amide bonds. The number of nitrogens with zero attached hydrogens (tertiary/aromatic N) is 2. The zero-order valence-electron chi connectivity index (χ0n) is 29.3. The first kappa shape index (κ1) is 37.9. The molecule has 44 heavy (non-hydrogen) atoms. The van der Waals surface area contributed by atoms with Gasteiger partial charge in [0.05, 0.1) is 23.6 Å². The predicted octanol–water partition coefficient (Wildman–Crippen LogP) is 6.54. The second-order valence-corrected chi connectivity index (χ2v) is 13.9. The minimum atomic E-state index is -1.38. The zero-order chi connectivity index (χ0) is 33.1. The molecule has 1 aliphatic heterocycles. The number of ketones is 1. The summed E-state index contributed by atoms with van der Waals surface area (Å²) in [7, 11) is 4.02. The summed E-state index contributed by atoms with van der Waals surface area (Å²) in [5, 5.41) is 5.09. The number of hydrogen-bond donors (Lipinski definition) is 1. The van der Waals surface area contributed by atoms with Crippen LogP contribution in [0, 0.1) is 11.8 Å². The average molecular weight is 616 g/mol. The highest BCUT2D eigenvalue weighted by atomic mass is 16.7. The van der Waals surface area contributed by atoms with E-state index in [1.54, 1.807) is 6.92 Å². The Labute approximate surface area is 267 Å². The average Bonchev–Trinajstić information content (AvgIpc) is 3.00. The number of Topliss-reactive ketones (excluding diaryl/α,β-unsaturated/α-hetero) is 1. The van der Waals surface area contributed by atoms with Crippen LogP contribution in [0.3, 0.4) is 0 Å². The standard InChI is InChI=1S/C36H61N3O5/c1-11-14-23-43-32(41)30(24-27(4)29-19-16-15-17-20-29)25-36(8,33(42)37-21-18-22-38(9)10)44-39-34(6,12-2)26-31(40)28(5)35(39,7)13-3/h15-17,19-20,27-28,30H,11-14,18,21-26H2,1-10H3,(H,37,42). The lowest BCUT2D eigenvalue weighted by Gasteiger charge is -2.57. The van der Waals surface area contributed by atoms with Crippen LogP contribution in [0.15, 0.2) is 30.3 Å². The molecule has 1 heterocycles. The largest absolute Gasteiger partial charge is 0.465 e. The molecule has 1 N–H and O–H groups in total. The topological polar surface area (TPSA) is 88.2 Å². The molecular weight excluding hydrogens is 554 g/mol. The van der Waals surface area contributed by atoms with Gasteiger partial charge in [0.2, 0.25) is 0 Å². The van der Waals surface area contributed by atoms with Crippen molar-refractivity contribution in [1.29, 1.82) is 0 Å². The fourth-order valence-electron chi connectivity index (χ4n) is 6.34. The molecule has 2 rings (SSSR count). The summed E-state index contributed by atoms with van der Waals surface area (Å²) in [4.78, 5) is 50.2. The Bertz CT molecular complexity index is 1070. The molecule has 1 aliphatic rings. The minimum absolute atomic E-state index is 0.0711. The highest BCUT2D eigenvalue weighted by Gasteiger charge is 2.56. The third kappa shape index (κ3) is 9.60. The molecule has 0 saturated carbocycles. The summed E-state index contributed by atoms with van der Waals surface area (Å²) < 4.78 is 5.79. The van der Waals surface area contributed by atoms with Crippen molar-refractivity contribution in [3.8, 4) is 0 Å². The van der Waals surface area contributed by atoms with E-state index in [1.165, 1.54) is 0 Å². The van der Waals surface area contributed by atoms with Gasteiger partial charge in [-0.15, -0.1) is 0 Å². The van der Waals surface area contributed by atoms with Gasteiger partial charge in [-0.25, -0.2) is 0 Å². The van der Waals surface area contributed by atoms with Crippen LogP contribution in [0.1, 0.15) is 118 Å². The van der Waals surface area contributed by atoms with E-state index in [9.17, 15) is 14.4 Å². The van der Waals surface area contributed by atoms with Crippen LogP contribution in [0.4, 0.5) is 0 Å². The number of unbranched alkanes of at least 4 members (excludes halogenated alkanes) is 1. The first-order valence-electron chi connectivity index (χ1n) is 16.8. The smallest absolute Gasteiger partial charge is 0.309 e. The molecule has 250 valence electrons. The summed E-state index contributed by atoms with van der Waals surface area (Å²) in [6, 6.07) is 10.1. The van der Waals surface area contributed by atoms with Crippen LogP contribution < -0.4 is 5.32 Å². The van der Waals surface area contributed by atoms with Gasteiger partial charge in [-0.3, -0.25) is 19.2 Å². The molecule has 0 aromatic heterocycles. The van der Waals surface area contributed by atoms with Gasteiger partial charge < -0.3 is 15.0 Å². The second kappa shape index (κ2) is 16.9. The highest BCUT2D eigenvalue weighted by molar-refractivity contribution is 5.86. The predicted molar refractivity (Wildman–Crippen MR) is 177 cm³/mol. The maximum atomic E-state index is 14.2. The number of benzene rings is 1. The van der Waals surface area contributed by atoms with Crippen LogP contribution in [0.25, 0.3) is 0 Å². The van der Waals surface area contributed by atoms with Crippen LogP contribution >= 0.6 is 0 Å². The molecule has 1 aromatic rings. The van der Waals surface area contributed by atoms with Crippen molar-refractivity contribution < 1.29 is 24.0 Å². The van der Waals surface area contributed by atoms with Gasteiger partial charge in [-0.1, -0.05) is 71.4 Å². The number of amides is 1. The van der Waals surface area contributed by atoms with Crippen molar-refractivity contribution in [2.75, 3.05) is 33.8 Å². The van der Waals surface area contributed by atoms with E-state index in [-0.39, 0.29) is 35.9 Å². The number of hydrogen-bond acceptors (Lipinski definition) is 7. The molecular formula is C36H61N3O5. The number of rotatable bonds is 18. The highest BCUT2D eigenvalue weighted by Crippen LogP contribution is 2.46. The van der Waals surface area contributed by atoms with E-state index in [1.807, 2.05) is 51.2 Å². The lowest BCUT2D eigenvalue weighted by atomic mass is 9.70. The molecule has 1 saturated heterocycles. The van der Waals surface area contributed by atoms with Crippen molar-refractivity contribution in [1.82, 2.24) is 15.3 Å². The van der Waals surface area contributed by atoms with E-state index in [2.05, 4.69) is 57.0 Å². The number of piperidine rings is 1. The van der Waals surface area contributed by atoms with E-state index in [4.69, 9.17) is 9.57 Å². The lowest BCUT2D eigenvalue weighted by molar-refractivity contribution is -0.336. The fourth-order valence-corrected chi connectivity index (χ4v) is 6.34. The molecule has 0 spiro atoms. The number of carbonyl (C=O) groups excluding carboxylic acids is 3. The van der Waals surface area contributed by atoms with Gasteiger partial charge in [0.1, 0.15) is 5.78 Å². The van der Waals surface area contributed by atoms with Crippen molar-refractivity contribution >= 4 is 17.7 Å². The van der Waals surface area contributed by atoms with Crippen molar-refractivity contribution in [2.45, 2.75) is 129 Å². The summed E-state index contributed by atoms with van der Waals surface area (Å²) >= 11 is 0. The maximum absolute atomic E-state index is 14.2. The molecule has 1 fully saturated rings. The summed E-state index contributed by atoms with van der Waals surface area (Å²) in [6.07, 6.45) is 4.87. The SMILES string of the molecule is CCCCOC(=O)C(CC(C)c1ccccc1)CC(C)(ON1C(C)(CC)CC(=O)C(C)C1(C)CC)C(=O)NCCCN(C)C. The lowest BCUT2D eigenvalue weighted by Crippen LogP contribution is -2.69. The van der Waals surface area contributed by atoms with Gasteiger partial charge in [0, 0.05) is 25.3 Å². The Morgan fingerprint density at radius 3 is 2.34 bits per heavy atom. The first-order chi connectivity index (χ1) is 20.7. The van der Waals surface area contributed by atoms with Gasteiger partial charge in [0.15, 0.2) is 5.60 Å². The summed E-state index contributed by atoms with van der Waals surface area (Å²) in [6.45, 7) is 17.9. The molecule has 6 unspecified atom stereocenters. The first-order valence-corrected chi connectivity index (χ1v) is 16.8. The van der Waals surface area contributed by atoms with Crippen molar-refractivity contribution in [3.63, 3.8) is 0 Å². The van der Waals surface area contributed by atoms with E-state index in [0.29, 0.717) is 38.8 Å². The van der Waals surface area contributed by atoms with Gasteiger partial charge >= 0.3 is 5.97 Å². The van der Waals surface area contributed by atoms with Crippen molar-refractivity contribution in [2.24, 2.45) is 11.8 Å². The zero-order valence-corrected chi connectivity index (χ0v) is 29.3. The minimum Gasteiger partial charge on any atom is -0.465 e.